The van der Waals surface area contributed by atoms with Gasteiger partial charge in [0.25, 0.3) is 5.91 Å². The van der Waals surface area contributed by atoms with Gasteiger partial charge >= 0.3 is 6.09 Å². The van der Waals surface area contributed by atoms with E-state index in [-0.39, 0.29) is 10.8 Å². The van der Waals surface area contributed by atoms with Crippen molar-refractivity contribution in [1.82, 2.24) is 4.98 Å². The molecule has 0 fully saturated rings. The molecule has 0 spiro atoms. The van der Waals surface area contributed by atoms with E-state index in [2.05, 4.69) is 10.3 Å². The van der Waals surface area contributed by atoms with Gasteiger partial charge in [-0.2, -0.15) is 0 Å². The van der Waals surface area contributed by atoms with E-state index in [4.69, 9.17) is 10.5 Å². The summed E-state index contributed by atoms with van der Waals surface area (Å²) in [7, 11) is 0. The van der Waals surface area contributed by atoms with Gasteiger partial charge in [-0.15, -0.1) is 11.3 Å². The Bertz CT molecular complexity index is 408. The maximum Gasteiger partial charge on any atom is 0.413 e. The molecule has 1 aromatic heterocycles. The highest BCUT2D eigenvalue weighted by Crippen LogP contribution is 2.16. The number of primary amides is 1. The second kappa shape index (κ2) is 4.48. The Morgan fingerprint density at radius 1 is 1.50 bits per heavy atom. The van der Waals surface area contributed by atoms with E-state index in [1.807, 2.05) is 0 Å². The van der Waals surface area contributed by atoms with Crippen molar-refractivity contribution in [2.24, 2.45) is 5.73 Å². The molecule has 0 unspecified atom stereocenters. The van der Waals surface area contributed by atoms with Crippen molar-refractivity contribution in [3.05, 3.63) is 11.1 Å². The van der Waals surface area contributed by atoms with Crippen LogP contribution >= 0.6 is 11.3 Å². The van der Waals surface area contributed by atoms with Gasteiger partial charge in [-0.3, -0.25) is 10.1 Å². The van der Waals surface area contributed by atoms with Crippen LogP contribution in [0.4, 0.5) is 9.93 Å². The minimum atomic E-state index is -0.631. The fourth-order valence-electron chi connectivity index (χ4n) is 0.835. The Morgan fingerprint density at radius 3 is 2.56 bits per heavy atom. The van der Waals surface area contributed by atoms with Gasteiger partial charge in [0.05, 0.1) is 0 Å². The van der Waals surface area contributed by atoms with Crippen LogP contribution in [0.5, 0.6) is 0 Å². The topological polar surface area (TPSA) is 94.3 Å². The zero-order chi connectivity index (χ0) is 12.3. The summed E-state index contributed by atoms with van der Waals surface area (Å²) in [6, 6.07) is 0. The van der Waals surface area contributed by atoms with Crippen LogP contribution in [-0.2, 0) is 4.74 Å². The van der Waals surface area contributed by atoms with Gasteiger partial charge < -0.3 is 10.5 Å². The minimum Gasteiger partial charge on any atom is -0.444 e. The van der Waals surface area contributed by atoms with Crippen LogP contribution in [0.1, 0.15) is 31.3 Å². The van der Waals surface area contributed by atoms with E-state index in [1.54, 1.807) is 20.8 Å². The monoisotopic (exact) mass is 243 g/mol. The smallest absolute Gasteiger partial charge is 0.413 e. The SMILES string of the molecule is CC(C)(C)OC(=O)Nc1nc(C(N)=O)cs1. The van der Waals surface area contributed by atoms with E-state index in [0.29, 0.717) is 0 Å². The molecule has 2 amide bonds. The van der Waals surface area contributed by atoms with Crippen molar-refractivity contribution in [1.29, 1.82) is 0 Å². The number of ether oxygens (including phenoxy) is 1. The number of amides is 2. The molecular formula is C9H13N3O3S. The van der Waals surface area contributed by atoms with E-state index < -0.39 is 17.6 Å². The van der Waals surface area contributed by atoms with E-state index in [0.717, 1.165) is 11.3 Å². The first-order valence-corrected chi connectivity index (χ1v) is 5.41. The lowest BCUT2D eigenvalue weighted by Crippen LogP contribution is -2.27. The average Bonchev–Trinajstić information content (AvgIpc) is 2.48. The van der Waals surface area contributed by atoms with Gasteiger partial charge in [-0.05, 0) is 20.8 Å². The molecule has 3 N–H and O–H groups in total. The number of hydrogen-bond donors (Lipinski definition) is 2. The van der Waals surface area contributed by atoms with Crippen LogP contribution in [0.2, 0.25) is 0 Å². The van der Waals surface area contributed by atoms with Gasteiger partial charge in [0.15, 0.2) is 5.13 Å². The molecule has 0 aromatic carbocycles. The van der Waals surface area contributed by atoms with Gasteiger partial charge in [-0.1, -0.05) is 0 Å². The molecular weight excluding hydrogens is 230 g/mol. The summed E-state index contributed by atoms with van der Waals surface area (Å²) >= 11 is 1.11. The maximum absolute atomic E-state index is 11.3. The Kier molecular flexibility index (Phi) is 3.48. The van der Waals surface area contributed by atoms with Crippen molar-refractivity contribution in [2.75, 3.05) is 5.32 Å². The zero-order valence-corrected chi connectivity index (χ0v) is 10.1. The second-order valence-corrected chi connectivity index (χ2v) is 4.89. The van der Waals surface area contributed by atoms with Crippen molar-refractivity contribution in [3.63, 3.8) is 0 Å². The fourth-order valence-corrected chi connectivity index (χ4v) is 1.52. The number of anilines is 1. The summed E-state index contributed by atoms with van der Waals surface area (Å²) in [6.07, 6.45) is -0.613. The summed E-state index contributed by atoms with van der Waals surface area (Å²) in [5, 5.41) is 4.16. The Balaban J connectivity index is 2.60. The predicted molar refractivity (Wildman–Crippen MR) is 60.5 cm³/mol. The molecule has 7 heteroatoms. The van der Waals surface area contributed by atoms with Crippen LogP contribution in [0.15, 0.2) is 5.38 Å². The molecule has 0 saturated carbocycles. The van der Waals surface area contributed by atoms with Crippen LogP contribution in [0.25, 0.3) is 0 Å². The first kappa shape index (κ1) is 12.4. The molecule has 6 nitrogen and oxygen atoms in total. The quantitative estimate of drug-likeness (QED) is 0.824. The molecule has 0 aliphatic heterocycles. The number of nitrogens with one attached hydrogen (secondary N) is 1. The first-order valence-electron chi connectivity index (χ1n) is 4.53. The summed E-state index contributed by atoms with van der Waals surface area (Å²) in [6.45, 7) is 5.26. The zero-order valence-electron chi connectivity index (χ0n) is 9.23. The number of rotatable bonds is 2. The molecule has 1 aromatic rings. The Labute approximate surface area is 96.8 Å². The van der Waals surface area contributed by atoms with Crippen LogP contribution in [0, 0.1) is 0 Å². The molecule has 0 atom stereocenters. The Hall–Kier alpha value is -1.63. The average molecular weight is 243 g/mol. The van der Waals surface area contributed by atoms with Gasteiger partial charge in [-0.25, -0.2) is 9.78 Å². The molecule has 1 heterocycles. The predicted octanol–water partition coefficient (Wildman–Crippen LogP) is 1.59. The lowest BCUT2D eigenvalue weighted by molar-refractivity contribution is 0.0635. The third-order valence-electron chi connectivity index (χ3n) is 1.36. The van der Waals surface area contributed by atoms with Crippen molar-refractivity contribution < 1.29 is 14.3 Å². The largest absolute Gasteiger partial charge is 0.444 e. The molecule has 0 saturated heterocycles. The summed E-state index contributed by atoms with van der Waals surface area (Å²) in [5.74, 6) is -0.631. The van der Waals surface area contributed by atoms with Crippen LogP contribution in [-0.4, -0.2) is 22.6 Å². The van der Waals surface area contributed by atoms with Crippen molar-refractivity contribution in [3.8, 4) is 0 Å². The molecule has 1 rings (SSSR count). The Morgan fingerprint density at radius 2 is 2.12 bits per heavy atom. The lowest BCUT2D eigenvalue weighted by atomic mass is 10.2. The fraction of sp³-hybridized carbons (Fsp3) is 0.444. The molecule has 0 radical (unpaired) electrons. The number of carbonyl (C=O) groups excluding carboxylic acids is 2. The standard InChI is InChI=1S/C9H13N3O3S/c1-9(2,3)15-8(14)12-7-11-5(4-16-7)6(10)13/h4H,1-3H3,(H2,10,13)(H,11,12,14). The number of nitrogens with zero attached hydrogens (tertiary/aromatic N) is 1. The van der Waals surface area contributed by atoms with E-state index >= 15 is 0 Å². The maximum atomic E-state index is 11.3. The van der Waals surface area contributed by atoms with E-state index in [1.165, 1.54) is 5.38 Å². The number of thiazole rings is 1. The molecule has 0 bridgehead atoms. The van der Waals surface area contributed by atoms with Crippen molar-refractivity contribution >= 4 is 28.5 Å². The summed E-state index contributed by atoms with van der Waals surface area (Å²) < 4.78 is 5.01. The number of aromatic nitrogens is 1. The molecule has 0 aliphatic carbocycles. The number of carbonyl (C=O) groups is 2. The number of nitrogens with two attached hydrogens (primary N) is 1. The first-order chi connectivity index (χ1) is 7.28. The lowest BCUT2D eigenvalue weighted by Gasteiger charge is -2.18. The van der Waals surface area contributed by atoms with E-state index in [9.17, 15) is 9.59 Å². The molecule has 88 valence electrons. The number of hydrogen-bond acceptors (Lipinski definition) is 5. The highest BCUT2D eigenvalue weighted by atomic mass is 32.1. The molecule has 0 aliphatic rings. The highest BCUT2D eigenvalue weighted by Gasteiger charge is 2.17. The van der Waals surface area contributed by atoms with Crippen LogP contribution < -0.4 is 11.1 Å². The summed E-state index contributed by atoms with van der Waals surface area (Å²) in [4.78, 5) is 25.9. The van der Waals surface area contributed by atoms with Gasteiger partial charge in [0.2, 0.25) is 0 Å². The highest BCUT2D eigenvalue weighted by molar-refractivity contribution is 7.14. The third-order valence-corrected chi connectivity index (χ3v) is 2.12. The second-order valence-electron chi connectivity index (χ2n) is 4.03. The van der Waals surface area contributed by atoms with Crippen molar-refractivity contribution in [2.45, 2.75) is 26.4 Å². The normalized spacial score (nSPS) is 10.9. The molecule has 16 heavy (non-hydrogen) atoms. The van der Waals surface area contributed by atoms with Crippen LogP contribution in [0.3, 0.4) is 0 Å². The van der Waals surface area contributed by atoms with Gasteiger partial charge in [0, 0.05) is 5.38 Å². The third kappa shape index (κ3) is 3.85. The minimum absolute atomic E-state index is 0.121. The summed E-state index contributed by atoms with van der Waals surface area (Å²) in [5.41, 5.74) is 4.57. The van der Waals surface area contributed by atoms with Gasteiger partial charge in [0.1, 0.15) is 11.3 Å².